The van der Waals surface area contributed by atoms with E-state index < -0.39 is 0 Å². The van der Waals surface area contributed by atoms with Crippen LogP contribution in [-0.2, 0) is 14.3 Å². The number of nitrogens with zero attached hydrogens (tertiary/aromatic N) is 1. The highest BCUT2D eigenvalue weighted by Crippen LogP contribution is 2.28. The van der Waals surface area contributed by atoms with Crippen LogP contribution in [0.15, 0.2) is 0 Å². The molecule has 19 heavy (non-hydrogen) atoms. The van der Waals surface area contributed by atoms with E-state index in [-0.39, 0.29) is 30.1 Å². The zero-order valence-electron chi connectivity index (χ0n) is 12.0. The molecule has 0 bridgehead atoms. The summed E-state index contributed by atoms with van der Waals surface area (Å²) in [5.74, 6) is 0.257. The van der Waals surface area contributed by atoms with Crippen molar-refractivity contribution in [3.8, 4) is 0 Å². The lowest BCUT2D eigenvalue weighted by Gasteiger charge is -2.40. The summed E-state index contributed by atoms with van der Waals surface area (Å²) in [6.45, 7) is 4.05. The Kier molecular flexibility index (Phi) is 5.19. The summed E-state index contributed by atoms with van der Waals surface area (Å²) in [4.78, 5) is 14.7. The molecule has 1 amide bonds. The van der Waals surface area contributed by atoms with E-state index >= 15 is 0 Å². The van der Waals surface area contributed by atoms with Gasteiger partial charge in [0.25, 0.3) is 0 Å². The van der Waals surface area contributed by atoms with Crippen molar-refractivity contribution in [3.63, 3.8) is 0 Å². The van der Waals surface area contributed by atoms with Gasteiger partial charge < -0.3 is 20.1 Å². The van der Waals surface area contributed by atoms with Crippen molar-refractivity contribution >= 4 is 5.91 Å². The highest BCUT2D eigenvalue weighted by Gasteiger charge is 2.39. The largest absolute Gasteiger partial charge is 0.381 e. The molecular formula is C14H26N2O3. The van der Waals surface area contributed by atoms with Crippen molar-refractivity contribution in [2.24, 2.45) is 11.7 Å². The fourth-order valence-corrected chi connectivity index (χ4v) is 3.29. The molecule has 5 nitrogen and oxygen atoms in total. The van der Waals surface area contributed by atoms with Gasteiger partial charge in [-0.15, -0.1) is 0 Å². The Hall–Kier alpha value is -0.650. The molecule has 0 aromatic heterocycles. The second kappa shape index (κ2) is 6.68. The van der Waals surface area contributed by atoms with Crippen molar-refractivity contribution < 1.29 is 14.3 Å². The zero-order valence-corrected chi connectivity index (χ0v) is 12.0. The molecule has 0 aromatic carbocycles. The van der Waals surface area contributed by atoms with Gasteiger partial charge in [0.2, 0.25) is 5.91 Å². The van der Waals surface area contributed by atoms with Gasteiger partial charge in [-0.25, -0.2) is 0 Å². The first kappa shape index (κ1) is 14.8. The second-order valence-electron chi connectivity index (χ2n) is 5.52. The quantitative estimate of drug-likeness (QED) is 0.819. The van der Waals surface area contributed by atoms with E-state index in [0.717, 1.165) is 32.2 Å². The molecule has 0 saturated carbocycles. The molecular weight excluding hydrogens is 244 g/mol. The molecule has 4 unspecified atom stereocenters. The highest BCUT2D eigenvalue weighted by atomic mass is 16.5. The van der Waals surface area contributed by atoms with E-state index in [9.17, 15) is 4.79 Å². The summed E-state index contributed by atoms with van der Waals surface area (Å²) in [5, 5.41) is 0. The Morgan fingerprint density at radius 3 is 2.89 bits per heavy atom. The van der Waals surface area contributed by atoms with Crippen LogP contribution in [0.2, 0.25) is 0 Å². The van der Waals surface area contributed by atoms with Crippen LogP contribution in [-0.4, -0.2) is 55.9 Å². The number of likely N-dealkylation sites (tertiary alicyclic amines) is 1. The lowest BCUT2D eigenvalue weighted by Crippen LogP contribution is -2.53. The number of piperidine rings is 1. The Balaban J connectivity index is 2.01. The van der Waals surface area contributed by atoms with Crippen LogP contribution in [0.4, 0.5) is 0 Å². The van der Waals surface area contributed by atoms with E-state index in [1.807, 2.05) is 4.90 Å². The Morgan fingerprint density at radius 2 is 2.26 bits per heavy atom. The zero-order chi connectivity index (χ0) is 13.8. The molecule has 4 atom stereocenters. The van der Waals surface area contributed by atoms with Crippen LogP contribution in [0.25, 0.3) is 0 Å². The van der Waals surface area contributed by atoms with Gasteiger partial charge in [0, 0.05) is 32.8 Å². The minimum atomic E-state index is 0.0261. The molecule has 2 saturated heterocycles. The van der Waals surface area contributed by atoms with E-state index in [0.29, 0.717) is 13.2 Å². The average molecular weight is 270 g/mol. The first-order valence-electron chi connectivity index (χ1n) is 7.36. The molecule has 2 fully saturated rings. The number of carbonyl (C=O) groups is 1. The fraction of sp³-hybridized carbons (Fsp3) is 0.929. The molecule has 2 heterocycles. The summed E-state index contributed by atoms with van der Waals surface area (Å²) in [7, 11) is 1.73. The molecule has 0 aromatic rings. The first-order chi connectivity index (χ1) is 9.21. The van der Waals surface area contributed by atoms with Crippen molar-refractivity contribution in [3.05, 3.63) is 0 Å². The Bertz CT molecular complexity index is 311. The van der Waals surface area contributed by atoms with E-state index in [2.05, 4.69) is 6.92 Å². The molecule has 2 aliphatic heterocycles. The van der Waals surface area contributed by atoms with Gasteiger partial charge >= 0.3 is 0 Å². The van der Waals surface area contributed by atoms with Crippen LogP contribution in [0.1, 0.15) is 32.6 Å². The first-order valence-corrected chi connectivity index (χ1v) is 7.36. The summed E-state index contributed by atoms with van der Waals surface area (Å²) < 4.78 is 11.0. The number of hydrogen-bond donors (Lipinski definition) is 1. The van der Waals surface area contributed by atoms with E-state index in [1.165, 1.54) is 0 Å². The molecule has 0 aliphatic carbocycles. The second-order valence-corrected chi connectivity index (χ2v) is 5.52. The number of methoxy groups -OCH3 is 1. The average Bonchev–Trinajstić information content (AvgIpc) is 2.94. The summed E-state index contributed by atoms with van der Waals surface area (Å²) in [6, 6.07) is 0.115. The number of nitrogens with two attached hydrogens (primary N) is 1. The van der Waals surface area contributed by atoms with Gasteiger partial charge in [0.05, 0.1) is 18.1 Å². The van der Waals surface area contributed by atoms with Crippen LogP contribution in [0, 0.1) is 5.92 Å². The van der Waals surface area contributed by atoms with Crippen LogP contribution in [0.3, 0.4) is 0 Å². The van der Waals surface area contributed by atoms with Crippen LogP contribution >= 0.6 is 0 Å². The number of ether oxygens (including phenoxy) is 2. The van der Waals surface area contributed by atoms with E-state index in [4.69, 9.17) is 15.2 Å². The van der Waals surface area contributed by atoms with Crippen molar-refractivity contribution in [2.45, 2.75) is 50.9 Å². The SMILES string of the molecule is CCC1OCCC1C(=O)N1CCC(OC)CC1CN. The number of amides is 1. The van der Waals surface area contributed by atoms with Crippen LogP contribution < -0.4 is 5.73 Å². The lowest BCUT2D eigenvalue weighted by atomic mass is 9.93. The van der Waals surface area contributed by atoms with Gasteiger partial charge in [-0.1, -0.05) is 6.92 Å². The number of carbonyl (C=O) groups excluding carboxylic acids is 1. The molecule has 5 heteroatoms. The highest BCUT2D eigenvalue weighted by molar-refractivity contribution is 5.80. The normalized spacial score (nSPS) is 35.6. The molecule has 0 spiro atoms. The summed E-state index contributed by atoms with van der Waals surface area (Å²) >= 11 is 0. The Labute approximate surface area is 115 Å². The molecule has 0 radical (unpaired) electrons. The summed E-state index contributed by atoms with van der Waals surface area (Å²) in [6.07, 6.45) is 3.83. The van der Waals surface area contributed by atoms with Crippen molar-refractivity contribution in [2.75, 3.05) is 26.8 Å². The fourth-order valence-electron chi connectivity index (χ4n) is 3.29. The smallest absolute Gasteiger partial charge is 0.228 e. The van der Waals surface area contributed by atoms with Gasteiger partial charge in [0.1, 0.15) is 0 Å². The van der Waals surface area contributed by atoms with Gasteiger partial charge in [-0.05, 0) is 25.7 Å². The molecule has 2 N–H and O–H groups in total. The van der Waals surface area contributed by atoms with Gasteiger partial charge in [0.15, 0.2) is 0 Å². The maximum absolute atomic E-state index is 12.7. The standard InChI is InChI=1S/C14H26N2O3/c1-3-13-12(5-7-19-13)14(17)16-6-4-11(18-2)8-10(16)9-15/h10-13H,3-9,15H2,1-2H3. The lowest BCUT2D eigenvalue weighted by molar-refractivity contribution is -0.143. The third-order valence-electron chi connectivity index (χ3n) is 4.49. The maximum Gasteiger partial charge on any atom is 0.228 e. The monoisotopic (exact) mass is 270 g/mol. The van der Waals surface area contributed by atoms with E-state index in [1.54, 1.807) is 7.11 Å². The number of hydrogen-bond acceptors (Lipinski definition) is 4. The third-order valence-corrected chi connectivity index (χ3v) is 4.49. The molecule has 2 rings (SSSR count). The minimum Gasteiger partial charge on any atom is -0.381 e. The van der Waals surface area contributed by atoms with Gasteiger partial charge in [-0.3, -0.25) is 4.79 Å². The Morgan fingerprint density at radius 1 is 1.47 bits per heavy atom. The number of rotatable bonds is 4. The topological polar surface area (TPSA) is 64.8 Å². The summed E-state index contributed by atoms with van der Waals surface area (Å²) in [5.41, 5.74) is 5.83. The molecule has 2 aliphatic rings. The van der Waals surface area contributed by atoms with Gasteiger partial charge in [-0.2, -0.15) is 0 Å². The van der Waals surface area contributed by atoms with Crippen LogP contribution in [0.5, 0.6) is 0 Å². The third kappa shape index (κ3) is 3.09. The predicted octanol–water partition coefficient (Wildman–Crippen LogP) is 0.766. The predicted molar refractivity (Wildman–Crippen MR) is 72.7 cm³/mol. The molecule has 110 valence electrons. The van der Waals surface area contributed by atoms with Crippen molar-refractivity contribution in [1.82, 2.24) is 4.90 Å². The van der Waals surface area contributed by atoms with Crippen molar-refractivity contribution in [1.29, 1.82) is 0 Å². The minimum absolute atomic E-state index is 0.0261. The maximum atomic E-state index is 12.7.